The molecular formula is C23H23ClN2O2. The number of amides is 2. The third-order valence-electron chi connectivity index (χ3n) is 4.11. The number of halogens is 1. The first-order chi connectivity index (χ1) is 13.4. The molecule has 0 fully saturated rings. The quantitative estimate of drug-likeness (QED) is 0.646. The van der Waals surface area contributed by atoms with E-state index < -0.39 is 6.04 Å². The van der Waals surface area contributed by atoms with Crippen LogP contribution < -0.4 is 10.6 Å². The smallest absolute Gasteiger partial charge is 0.251 e. The molecule has 0 bridgehead atoms. The molecule has 2 amide bonds. The monoisotopic (exact) mass is 394 g/mol. The average Bonchev–Trinajstić information content (AvgIpc) is 2.70. The molecule has 2 N–H and O–H groups in total. The zero-order valence-corrected chi connectivity index (χ0v) is 16.5. The van der Waals surface area contributed by atoms with Gasteiger partial charge in [-0.25, -0.2) is 0 Å². The minimum Gasteiger partial charge on any atom is -0.344 e. The molecule has 0 aliphatic heterocycles. The van der Waals surface area contributed by atoms with E-state index in [0.29, 0.717) is 10.6 Å². The maximum absolute atomic E-state index is 12.5. The summed E-state index contributed by atoms with van der Waals surface area (Å²) in [5, 5.41) is 6.16. The number of rotatable bonds is 8. The standard InChI is InChI=1S/C23H23ClN2O2/c1-4-6-17(5-2)22(18-11-13-20(24)14-12-18)26-21(27)15-25-23(28)19-9-7-16(3)8-10-19/h4-14,22H,1-2,15H2,3H3,(H,25,28)(H,26,27)/b17-6+. The van der Waals surface area contributed by atoms with Gasteiger partial charge in [0.2, 0.25) is 5.91 Å². The van der Waals surface area contributed by atoms with Gasteiger partial charge in [-0.15, -0.1) is 0 Å². The Morgan fingerprint density at radius 3 is 2.29 bits per heavy atom. The SMILES string of the molecule is C=C/C=C(\C=C)C(NC(=O)CNC(=O)c1ccc(C)cc1)c1ccc(Cl)cc1. The van der Waals surface area contributed by atoms with Crippen LogP contribution in [0.25, 0.3) is 0 Å². The zero-order valence-electron chi connectivity index (χ0n) is 15.7. The molecular weight excluding hydrogens is 372 g/mol. The number of nitrogens with one attached hydrogen (secondary N) is 2. The van der Waals surface area contributed by atoms with E-state index >= 15 is 0 Å². The molecule has 4 nitrogen and oxygen atoms in total. The minimum atomic E-state index is -0.434. The maximum Gasteiger partial charge on any atom is 0.251 e. The third-order valence-corrected chi connectivity index (χ3v) is 4.36. The molecule has 2 aromatic carbocycles. The van der Waals surface area contributed by atoms with Gasteiger partial charge in [0.25, 0.3) is 5.91 Å². The summed E-state index contributed by atoms with van der Waals surface area (Å²) in [7, 11) is 0. The Morgan fingerprint density at radius 1 is 1.07 bits per heavy atom. The summed E-state index contributed by atoms with van der Waals surface area (Å²) in [4.78, 5) is 24.7. The van der Waals surface area contributed by atoms with Gasteiger partial charge in [0.15, 0.2) is 0 Å². The molecule has 0 aliphatic rings. The van der Waals surface area contributed by atoms with E-state index in [2.05, 4.69) is 23.8 Å². The summed E-state index contributed by atoms with van der Waals surface area (Å²) in [6, 6.07) is 13.9. The maximum atomic E-state index is 12.5. The van der Waals surface area contributed by atoms with Crippen LogP contribution in [-0.2, 0) is 4.79 Å². The predicted octanol–water partition coefficient (Wildman–Crippen LogP) is 4.53. The Labute approximate surface area is 170 Å². The highest BCUT2D eigenvalue weighted by Gasteiger charge is 2.18. The van der Waals surface area contributed by atoms with Crippen molar-refractivity contribution in [2.75, 3.05) is 6.54 Å². The van der Waals surface area contributed by atoms with E-state index in [-0.39, 0.29) is 18.4 Å². The van der Waals surface area contributed by atoms with Gasteiger partial charge >= 0.3 is 0 Å². The van der Waals surface area contributed by atoms with Gasteiger partial charge in [0.1, 0.15) is 0 Å². The highest BCUT2D eigenvalue weighted by atomic mass is 35.5. The Bertz CT molecular complexity index is 884. The van der Waals surface area contributed by atoms with Gasteiger partial charge in [-0.3, -0.25) is 9.59 Å². The van der Waals surface area contributed by atoms with Crippen LogP contribution in [0, 0.1) is 6.92 Å². The van der Waals surface area contributed by atoms with E-state index in [1.54, 1.807) is 42.5 Å². The molecule has 0 aromatic heterocycles. The average molecular weight is 395 g/mol. The van der Waals surface area contributed by atoms with Crippen molar-refractivity contribution in [2.24, 2.45) is 0 Å². The molecule has 2 aromatic rings. The Hall–Kier alpha value is -3.11. The van der Waals surface area contributed by atoms with Crippen molar-refractivity contribution in [1.82, 2.24) is 10.6 Å². The molecule has 1 unspecified atom stereocenters. The highest BCUT2D eigenvalue weighted by Crippen LogP contribution is 2.24. The van der Waals surface area contributed by atoms with Crippen molar-refractivity contribution in [2.45, 2.75) is 13.0 Å². The molecule has 0 saturated carbocycles. The highest BCUT2D eigenvalue weighted by molar-refractivity contribution is 6.30. The molecule has 1 atom stereocenters. The van der Waals surface area contributed by atoms with Crippen molar-refractivity contribution in [3.63, 3.8) is 0 Å². The number of carbonyl (C=O) groups excluding carboxylic acids is 2. The topological polar surface area (TPSA) is 58.2 Å². The van der Waals surface area contributed by atoms with Crippen LogP contribution in [0.4, 0.5) is 0 Å². The Kier molecular flexibility index (Phi) is 7.78. The van der Waals surface area contributed by atoms with Crippen LogP contribution in [0.2, 0.25) is 5.02 Å². The second kappa shape index (κ2) is 10.3. The molecule has 28 heavy (non-hydrogen) atoms. The molecule has 144 valence electrons. The molecule has 0 aliphatic carbocycles. The fourth-order valence-electron chi connectivity index (χ4n) is 2.61. The number of aryl methyl sites for hydroxylation is 1. The van der Waals surface area contributed by atoms with Gasteiger partial charge in [0, 0.05) is 10.6 Å². The molecule has 5 heteroatoms. The lowest BCUT2D eigenvalue weighted by Crippen LogP contribution is -2.39. The molecule has 0 saturated heterocycles. The first-order valence-electron chi connectivity index (χ1n) is 8.79. The van der Waals surface area contributed by atoms with Gasteiger partial charge in [0.05, 0.1) is 12.6 Å². The van der Waals surface area contributed by atoms with Crippen LogP contribution in [0.3, 0.4) is 0 Å². The number of carbonyl (C=O) groups is 2. The fourth-order valence-corrected chi connectivity index (χ4v) is 2.74. The summed E-state index contributed by atoms with van der Waals surface area (Å²) < 4.78 is 0. The van der Waals surface area contributed by atoms with E-state index in [1.165, 1.54) is 0 Å². The second-order valence-electron chi connectivity index (χ2n) is 6.21. The van der Waals surface area contributed by atoms with Gasteiger partial charge in [-0.1, -0.05) is 72.8 Å². The van der Waals surface area contributed by atoms with Crippen LogP contribution in [0.15, 0.2) is 85.5 Å². The van der Waals surface area contributed by atoms with Crippen molar-refractivity contribution in [1.29, 1.82) is 0 Å². The summed E-state index contributed by atoms with van der Waals surface area (Å²) in [5.41, 5.74) is 3.18. The van der Waals surface area contributed by atoms with Crippen LogP contribution in [-0.4, -0.2) is 18.4 Å². The van der Waals surface area contributed by atoms with E-state index in [4.69, 9.17) is 11.6 Å². The summed E-state index contributed by atoms with van der Waals surface area (Å²) in [5.74, 6) is -0.624. The first-order valence-corrected chi connectivity index (χ1v) is 9.17. The van der Waals surface area contributed by atoms with Crippen LogP contribution in [0.1, 0.15) is 27.5 Å². The van der Waals surface area contributed by atoms with Crippen molar-refractivity contribution >= 4 is 23.4 Å². The summed E-state index contributed by atoms with van der Waals surface area (Å²) in [6.45, 7) is 9.31. The third kappa shape index (κ3) is 5.96. The van der Waals surface area contributed by atoms with E-state index in [9.17, 15) is 9.59 Å². The minimum absolute atomic E-state index is 0.144. The van der Waals surface area contributed by atoms with E-state index in [1.807, 2.05) is 31.2 Å². The number of hydrogen-bond donors (Lipinski definition) is 2. The van der Waals surface area contributed by atoms with Crippen LogP contribution >= 0.6 is 11.6 Å². The van der Waals surface area contributed by atoms with Crippen molar-refractivity contribution in [3.8, 4) is 0 Å². The lowest BCUT2D eigenvalue weighted by atomic mass is 9.98. The second-order valence-corrected chi connectivity index (χ2v) is 6.64. The van der Waals surface area contributed by atoms with Gasteiger partial charge in [-0.2, -0.15) is 0 Å². The predicted molar refractivity (Wildman–Crippen MR) is 114 cm³/mol. The number of hydrogen-bond acceptors (Lipinski definition) is 2. The van der Waals surface area contributed by atoms with E-state index in [0.717, 1.165) is 16.7 Å². The largest absolute Gasteiger partial charge is 0.344 e. The fraction of sp³-hybridized carbons (Fsp3) is 0.130. The molecule has 0 radical (unpaired) electrons. The molecule has 0 spiro atoms. The lowest BCUT2D eigenvalue weighted by molar-refractivity contribution is -0.120. The molecule has 0 heterocycles. The van der Waals surface area contributed by atoms with Crippen molar-refractivity contribution < 1.29 is 9.59 Å². The van der Waals surface area contributed by atoms with Crippen LogP contribution in [0.5, 0.6) is 0 Å². The van der Waals surface area contributed by atoms with Crippen molar-refractivity contribution in [3.05, 3.63) is 107 Å². The summed E-state index contributed by atoms with van der Waals surface area (Å²) in [6.07, 6.45) is 5.06. The van der Waals surface area contributed by atoms with Gasteiger partial charge < -0.3 is 10.6 Å². The normalized spacial score (nSPS) is 12.0. The Balaban J connectivity index is 2.09. The zero-order chi connectivity index (χ0) is 20.5. The Morgan fingerprint density at radius 2 is 1.71 bits per heavy atom. The number of benzene rings is 2. The summed E-state index contributed by atoms with van der Waals surface area (Å²) >= 11 is 5.96. The molecule has 2 rings (SSSR count). The first kappa shape index (κ1) is 21.2. The van der Waals surface area contributed by atoms with Gasteiger partial charge in [-0.05, 0) is 42.3 Å². The number of allylic oxidation sites excluding steroid dienone is 2. The lowest BCUT2D eigenvalue weighted by Gasteiger charge is -2.21.